The van der Waals surface area contributed by atoms with E-state index in [1.165, 1.54) is 0 Å². The molecule has 2 atom stereocenters. The third kappa shape index (κ3) is 8.25. The van der Waals surface area contributed by atoms with Crippen molar-refractivity contribution in [2.75, 3.05) is 27.4 Å². The number of hydrogen-bond acceptors (Lipinski definition) is 8. The van der Waals surface area contributed by atoms with Crippen LogP contribution in [0, 0.1) is 0 Å². The summed E-state index contributed by atoms with van der Waals surface area (Å²) in [5, 5.41) is 16.5. The molecular weight excluding hydrogens is 470 g/mol. The number of methoxy groups -OCH3 is 2. The second kappa shape index (κ2) is 13.7. The molecule has 2 unspecified atom stereocenters. The number of aliphatic hydroxyl groups excluding tert-OH is 1. The molecule has 36 heavy (non-hydrogen) atoms. The molecule has 0 bridgehead atoms. The summed E-state index contributed by atoms with van der Waals surface area (Å²) in [7, 11) is 3.09. The lowest BCUT2D eigenvalue weighted by Gasteiger charge is -2.22. The largest absolute Gasteiger partial charge is 0.497 e. The van der Waals surface area contributed by atoms with Gasteiger partial charge >= 0.3 is 0 Å². The molecule has 0 aromatic heterocycles. The van der Waals surface area contributed by atoms with Gasteiger partial charge in [-0.1, -0.05) is 24.3 Å². The molecule has 12 heteroatoms. The average Bonchev–Trinajstić information content (AvgIpc) is 2.89. The highest BCUT2D eigenvalue weighted by Crippen LogP contribution is 2.25. The van der Waals surface area contributed by atoms with Crippen molar-refractivity contribution < 1.29 is 33.8 Å². The van der Waals surface area contributed by atoms with Gasteiger partial charge in [-0.15, -0.1) is 0 Å². The number of ether oxygens (including phenoxy) is 2. The fourth-order valence-electron chi connectivity index (χ4n) is 3.23. The van der Waals surface area contributed by atoms with Gasteiger partial charge in [-0.3, -0.25) is 19.2 Å². The van der Waals surface area contributed by atoms with E-state index in [9.17, 15) is 19.2 Å². The predicted molar refractivity (Wildman–Crippen MR) is 130 cm³/mol. The zero-order valence-corrected chi connectivity index (χ0v) is 20.0. The standard InChI is InChI=1S/C24H31N5O7/c1-35-16-7-3-14(4-8-16)22(15-5-9-17(36-2)10-6-15)29-21(32)12-27-24(34)19(11-20(26)31)28-23(33)18(25)13-30/h3-10,18-19,22,30H,11-13,25H2,1-2H3,(H2,26,31)(H,27,34)(H,28,33)(H,29,32). The van der Waals surface area contributed by atoms with E-state index in [1.54, 1.807) is 62.8 Å². The highest BCUT2D eigenvalue weighted by Gasteiger charge is 2.26. The number of amides is 4. The van der Waals surface area contributed by atoms with Crippen molar-refractivity contribution in [1.29, 1.82) is 0 Å². The van der Waals surface area contributed by atoms with Gasteiger partial charge in [0.2, 0.25) is 23.6 Å². The normalized spacial score (nSPS) is 12.2. The van der Waals surface area contributed by atoms with E-state index in [-0.39, 0.29) is 0 Å². The minimum atomic E-state index is -1.36. The molecule has 2 aromatic carbocycles. The maximum atomic E-state index is 12.8. The van der Waals surface area contributed by atoms with Crippen molar-refractivity contribution in [2.45, 2.75) is 24.5 Å². The zero-order valence-electron chi connectivity index (χ0n) is 20.0. The van der Waals surface area contributed by atoms with Gasteiger partial charge in [-0.25, -0.2) is 0 Å². The molecule has 12 nitrogen and oxygen atoms in total. The van der Waals surface area contributed by atoms with Crippen molar-refractivity contribution in [2.24, 2.45) is 11.5 Å². The first-order chi connectivity index (χ1) is 17.2. The smallest absolute Gasteiger partial charge is 0.243 e. The third-order valence-corrected chi connectivity index (χ3v) is 5.20. The Morgan fingerprint density at radius 1 is 0.861 bits per heavy atom. The monoisotopic (exact) mass is 501 g/mol. The van der Waals surface area contributed by atoms with E-state index in [1.807, 2.05) is 0 Å². The molecule has 0 aliphatic carbocycles. The molecule has 0 aliphatic rings. The van der Waals surface area contributed by atoms with Crippen LogP contribution in [-0.4, -0.2) is 68.2 Å². The molecule has 4 amide bonds. The molecule has 0 fully saturated rings. The molecule has 194 valence electrons. The van der Waals surface area contributed by atoms with Gasteiger partial charge in [0.1, 0.15) is 23.6 Å². The van der Waals surface area contributed by atoms with Gasteiger partial charge in [-0.2, -0.15) is 0 Å². The molecule has 0 spiro atoms. The Morgan fingerprint density at radius 2 is 1.36 bits per heavy atom. The Labute approximate surface area is 208 Å². The highest BCUT2D eigenvalue weighted by atomic mass is 16.5. The van der Waals surface area contributed by atoms with Gasteiger partial charge in [0.15, 0.2) is 0 Å². The second-order valence-electron chi connectivity index (χ2n) is 7.79. The average molecular weight is 502 g/mol. The molecule has 0 saturated carbocycles. The van der Waals surface area contributed by atoms with Gasteiger partial charge in [0, 0.05) is 0 Å². The van der Waals surface area contributed by atoms with Gasteiger partial charge in [0.05, 0.1) is 39.8 Å². The zero-order chi connectivity index (χ0) is 26.7. The lowest BCUT2D eigenvalue weighted by molar-refractivity contribution is -0.132. The van der Waals surface area contributed by atoms with E-state index in [0.29, 0.717) is 11.5 Å². The first-order valence-corrected chi connectivity index (χ1v) is 11.0. The molecule has 0 aliphatic heterocycles. The van der Waals surface area contributed by atoms with Crippen molar-refractivity contribution in [3.63, 3.8) is 0 Å². The quantitative estimate of drug-likeness (QED) is 0.195. The van der Waals surface area contributed by atoms with Gasteiger partial charge in [-0.05, 0) is 35.4 Å². The van der Waals surface area contributed by atoms with E-state index in [0.717, 1.165) is 11.1 Å². The Morgan fingerprint density at radius 3 is 1.78 bits per heavy atom. The molecule has 8 N–H and O–H groups in total. The number of aliphatic hydroxyl groups is 1. The molecule has 2 rings (SSSR count). The van der Waals surface area contributed by atoms with Crippen LogP contribution < -0.4 is 36.9 Å². The minimum Gasteiger partial charge on any atom is -0.497 e. The van der Waals surface area contributed by atoms with Crippen LogP contribution in [0.1, 0.15) is 23.6 Å². The van der Waals surface area contributed by atoms with Crippen LogP contribution in [-0.2, 0) is 19.2 Å². The fraction of sp³-hybridized carbons (Fsp3) is 0.333. The van der Waals surface area contributed by atoms with Crippen LogP contribution in [0.2, 0.25) is 0 Å². The minimum absolute atomic E-state index is 0.446. The van der Waals surface area contributed by atoms with E-state index < -0.39 is 61.3 Å². The maximum Gasteiger partial charge on any atom is 0.243 e. The number of hydrogen-bond donors (Lipinski definition) is 6. The van der Waals surface area contributed by atoms with E-state index >= 15 is 0 Å². The number of benzene rings is 2. The summed E-state index contributed by atoms with van der Waals surface area (Å²) in [4.78, 5) is 48.6. The topological polar surface area (TPSA) is 195 Å². The first-order valence-electron chi connectivity index (χ1n) is 11.0. The molecular formula is C24H31N5O7. The summed E-state index contributed by atoms with van der Waals surface area (Å²) >= 11 is 0. The summed E-state index contributed by atoms with van der Waals surface area (Å²) in [6, 6.07) is 11.0. The van der Waals surface area contributed by atoms with Crippen molar-refractivity contribution >= 4 is 23.6 Å². The van der Waals surface area contributed by atoms with Crippen molar-refractivity contribution in [3.8, 4) is 11.5 Å². The van der Waals surface area contributed by atoms with Crippen LogP contribution in [0.5, 0.6) is 11.5 Å². The summed E-state index contributed by atoms with van der Waals surface area (Å²) < 4.78 is 10.4. The Kier molecular flexibility index (Phi) is 10.7. The lowest BCUT2D eigenvalue weighted by atomic mass is 9.98. The Bertz CT molecular complexity index is 996. The number of rotatable bonds is 13. The first kappa shape index (κ1) is 28.1. The van der Waals surface area contributed by atoms with Crippen LogP contribution in [0.15, 0.2) is 48.5 Å². The van der Waals surface area contributed by atoms with Crippen LogP contribution >= 0.6 is 0 Å². The number of nitrogens with two attached hydrogens (primary N) is 2. The maximum absolute atomic E-state index is 12.8. The summed E-state index contributed by atoms with van der Waals surface area (Å²) in [5.74, 6) is -1.74. The fourth-order valence-corrected chi connectivity index (χ4v) is 3.23. The Hall–Kier alpha value is -4.16. The second-order valence-corrected chi connectivity index (χ2v) is 7.79. The number of primary amides is 1. The summed E-state index contributed by atoms with van der Waals surface area (Å²) in [6.45, 7) is -1.10. The number of carbonyl (C=O) groups excluding carboxylic acids is 4. The molecule has 0 radical (unpaired) electrons. The van der Waals surface area contributed by atoms with Crippen molar-refractivity contribution in [1.82, 2.24) is 16.0 Å². The van der Waals surface area contributed by atoms with Crippen molar-refractivity contribution in [3.05, 3.63) is 59.7 Å². The predicted octanol–water partition coefficient (Wildman–Crippen LogP) is -1.29. The third-order valence-electron chi connectivity index (χ3n) is 5.20. The van der Waals surface area contributed by atoms with Crippen LogP contribution in [0.4, 0.5) is 0 Å². The van der Waals surface area contributed by atoms with Gasteiger partial charge < -0.3 is 42.0 Å². The summed E-state index contributed by atoms with van der Waals surface area (Å²) in [5.41, 5.74) is 12.1. The highest BCUT2D eigenvalue weighted by molar-refractivity contribution is 5.94. The lowest BCUT2D eigenvalue weighted by Crippen LogP contribution is -2.54. The van der Waals surface area contributed by atoms with E-state index in [2.05, 4.69) is 16.0 Å². The number of carbonyl (C=O) groups is 4. The van der Waals surface area contributed by atoms with Gasteiger partial charge in [0.25, 0.3) is 0 Å². The van der Waals surface area contributed by atoms with Crippen LogP contribution in [0.3, 0.4) is 0 Å². The van der Waals surface area contributed by atoms with Crippen LogP contribution in [0.25, 0.3) is 0 Å². The molecule has 2 aromatic rings. The summed E-state index contributed by atoms with van der Waals surface area (Å²) in [6.07, 6.45) is -0.516. The molecule has 0 saturated heterocycles. The molecule has 0 heterocycles. The SMILES string of the molecule is COc1ccc(C(NC(=O)CNC(=O)C(CC(N)=O)NC(=O)C(N)CO)c2ccc(OC)cc2)cc1. The van der Waals surface area contributed by atoms with E-state index in [4.69, 9.17) is 26.0 Å². The number of nitrogens with one attached hydrogen (secondary N) is 3. The Balaban J connectivity index is 2.13.